The van der Waals surface area contributed by atoms with Gasteiger partial charge < -0.3 is 5.32 Å². The Morgan fingerprint density at radius 3 is 2.09 bits per heavy atom. The maximum atomic E-state index is 12.3. The third-order valence-corrected chi connectivity index (χ3v) is 3.95. The van der Waals surface area contributed by atoms with Gasteiger partial charge in [0.15, 0.2) is 0 Å². The lowest BCUT2D eigenvalue weighted by Gasteiger charge is -2.33. The summed E-state index contributed by atoms with van der Waals surface area (Å²) < 4.78 is -1.66. The van der Waals surface area contributed by atoms with Crippen molar-refractivity contribution in [1.82, 2.24) is 10.2 Å². The highest BCUT2D eigenvalue weighted by Gasteiger charge is 2.37. The van der Waals surface area contributed by atoms with Crippen LogP contribution in [-0.4, -0.2) is 27.8 Å². The highest BCUT2D eigenvalue weighted by atomic mass is 35.6. The molecule has 1 N–H and O–H groups in total. The monoisotopic (exact) mass is 370 g/mol. The summed E-state index contributed by atoms with van der Waals surface area (Å²) in [4.78, 5) is 14.1. The molecule has 0 aliphatic heterocycles. The van der Waals surface area contributed by atoms with Crippen LogP contribution in [0.4, 0.5) is 0 Å². The van der Waals surface area contributed by atoms with Crippen molar-refractivity contribution >= 4 is 40.7 Å². The second kappa shape index (κ2) is 8.02. The first kappa shape index (κ1) is 18.1. The molecule has 2 aromatic rings. The summed E-state index contributed by atoms with van der Waals surface area (Å²) >= 11 is 18.2. The molecular formula is C17H17Cl3N2O. The van der Waals surface area contributed by atoms with Crippen LogP contribution in [0.2, 0.25) is 0 Å². The van der Waals surface area contributed by atoms with Crippen molar-refractivity contribution in [1.29, 1.82) is 0 Å². The predicted octanol–water partition coefficient (Wildman–Crippen LogP) is 4.24. The quantitative estimate of drug-likeness (QED) is 0.629. The van der Waals surface area contributed by atoms with Crippen LogP contribution in [0.25, 0.3) is 0 Å². The van der Waals surface area contributed by atoms with E-state index in [0.29, 0.717) is 12.1 Å². The number of halogens is 3. The summed E-state index contributed by atoms with van der Waals surface area (Å²) in [6.07, 6.45) is -0.764. The van der Waals surface area contributed by atoms with Crippen LogP contribution in [0.1, 0.15) is 15.9 Å². The molecule has 0 bridgehead atoms. The predicted molar refractivity (Wildman–Crippen MR) is 95.9 cm³/mol. The topological polar surface area (TPSA) is 32.3 Å². The van der Waals surface area contributed by atoms with Gasteiger partial charge in [0.25, 0.3) is 5.91 Å². The van der Waals surface area contributed by atoms with Crippen molar-refractivity contribution < 1.29 is 4.79 Å². The normalized spacial score (nSPS) is 12.9. The molecule has 0 unspecified atom stereocenters. The van der Waals surface area contributed by atoms with Crippen molar-refractivity contribution in [3.8, 4) is 0 Å². The number of nitrogens with one attached hydrogen (secondary N) is 1. The first-order valence-corrected chi connectivity index (χ1v) is 8.18. The molecule has 0 aliphatic rings. The molecule has 1 atom stereocenters. The number of benzene rings is 2. The fourth-order valence-corrected chi connectivity index (χ4v) is 2.87. The van der Waals surface area contributed by atoms with Crippen molar-refractivity contribution in [2.75, 3.05) is 7.05 Å². The first-order valence-electron chi connectivity index (χ1n) is 7.04. The van der Waals surface area contributed by atoms with Crippen LogP contribution in [0, 0.1) is 0 Å². The molecule has 2 rings (SSSR count). The molecule has 0 aromatic heterocycles. The number of carbonyl (C=O) groups excluding carboxylic acids is 1. The molecule has 0 radical (unpaired) electrons. The molecule has 23 heavy (non-hydrogen) atoms. The maximum Gasteiger partial charge on any atom is 0.252 e. The molecule has 6 heteroatoms. The van der Waals surface area contributed by atoms with Gasteiger partial charge in [-0.2, -0.15) is 0 Å². The van der Waals surface area contributed by atoms with Crippen LogP contribution in [-0.2, 0) is 6.54 Å². The first-order chi connectivity index (χ1) is 10.9. The fourth-order valence-electron chi connectivity index (χ4n) is 2.20. The lowest BCUT2D eigenvalue weighted by Crippen LogP contribution is -2.53. The van der Waals surface area contributed by atoms with Crippen LogP contribution < -0.4 is 5.32 Å². The van der Waals surface area contributed by atoms with E-state index < -0.39 is 9.96 Å². The van der Waals surface area contributed by atoms with E-state index in [4.69, 9.17) is 34.8 Å². The highest BCUT2D eigenvalue weighted by Crippen LogP contribution is 2.32. The lowest BCUT2D eigenvalue weighted by atomic mass is 10.2. The number of hydrogen-bond acceptors (Lipinski definition) is 2. The van der Waals surface area contributed by atoms with Gasteiger partial charge in [-0.3, -0.25) is 9.69 Å². The minimum Gasteiger partial charge on any atom is -0.332 e. The number of amides is 1. The second-order valence-corrected chi connectivity index (χ2v) is 7.55. The zero-order valence-corrected chi connectivity index (χ0v) is 14.8. The van der Waals surface area contributed by atoms with Crippen molar-refractivity contribution in [2.24, 2.45) is 0 Å². The summed E-state index contributed by atoms with van der Waals surface area (Å²) in [5.74, 6) is -0.290. The SMILES string of the molecule is CN(Cc1ccccc1)[C@@H](NC(=O)c1ccccc1)C(Cl)(Cl)Cl. The van der Waals surface area contributed by atoms with Gasteiger partial charge in [0, 0.05) is 12.1 Å². The van der Waals surface area contributed by atoms with E-state index in [-0.39, 0.29) is 5.91 Å². The Morgan fingerprint density at radius 2 is 1.57 bits per heavy atom. The van der Waals surface area contributed by atoms with Crippen LogP contribution >= 0.6 is 34.8 Å². The van der Waals surface area contributed by atoms with Gasteiger partial charge in [-0.25, -0.2) is 0 Å². The number of nitrogens with zero attached hydrogens (tertiary/aromatic N) is 1. The van der Waals surface area contributed by atoms with Gasteiger partial charge in [0.05, 0.1) is 0 Å². The summed E-state index contributed by atoms with van der Waals surface area (Å²) in [6.45, 7) is 0.536. The Kier molecular flexibility index (Phi) is 6.31. The number of carbonyl (C=O) groups is 1. The van der Waals surface area contributed by atoms with Crippen LogP contribution in [0.15, 0.2) is 60.7 Å². The zero-order valence-electron chi connectivity index (χ0n) is 12.5. The molecule has 3 nitrogen and oxygen atoms in total. The maximum absolute atomic E-state index is 12.3. The average molecular weight is 372 g/mol. The Morgan fingerprint density at radius 1 is 1.04 bits per heavy atom. The van der Waals surface area contributed by atoms with Crippen molar-refractivity contribution in [2.45, 2.75) is 16.5 Å². The molecule has 2 aromatic carbocycles. The number of hydrogen-bond donors (Lipinski definition) is 1. The van der Waals surface area contributed by atoms with Crippen molar-refractivity contribution in [3.05, 3.63) is 71.8 Å². The van der Waals surface area contributed by atoms with Crippen molar-refractivity contribution in [3.63, 3.8) is 0 Å². The Hall–Kier alpha value is -1.26. The summed E-state index contributed by atoms with van der Waals surface area (Å²) in [5, 5.41) is 2.78. The van der Waals surface area contributed by atoms with Gasteiger partial charge in [-0.15, -0.1) is 0 Å². The van der Waals surface area contributed by atoms with E-state index in [1.165, 1.54) is 0 Å². The summed E-state index contributed by atoms with van der Waals surface area (Å²) in [6, 6.07) is 18.6. The van der Waals surface area contributed by atoms with Gasteiger partial charge in [0.2, 0.25) is 3.79 Å². The minimum atomic E-state index is -1.66. The fraction of sp³-hybridized carbons (Fsp3) is 0.235. The molecule has 0 aliphatic carbocycles. The molecule has 0 spiro atoms. The molecular weight excluding hydrogens is 355 g/mol. The standard InChI is InChI=1S/C17H17Cl3N2O/c1-22(12-13-8-4-2-5-9-13)16(17(18,19)20)21-15(23)14-10-6-3-7-11-14/h2-11,16H,12H2,1H3,(H,21,23)/t16-/m1/s1. The largest absolute Gasteiger partial charge is 0.332 e. The van der Waals surface area contributed by atoms with Gasteiger partial charge in [0.1, 0.15) is 6.17 Å². The van der Waals surface area contributed by atoms with E-state index in [9.17, 15) is 4.79 Å². The molecule has 0 fully saturated rings. The summed E-state index contributed by atoms with van der Waals surface area (Å²) in [5.41, 5.74) is 1.57. The molecule has 0 heterocycles. The molecule has 1 amide bonds. The smallest absolute Gasteiger partial charge is 0.252 e. The van der Waals surface area contributed by atoms with E-state index >= 15 is 0 Å². The number of rotatable bonds is 5. The molecule has 0 saturated heterocycles. The van der Waals surface area contributed by atoms with E-state index in [1.54, 1.807) is 36.2 Å². The molecule has 122 valence electrons. The van der Waals surface area contributed by atoms with Crippen LogP contribution in [0.3, 0.4) is 0 Å². The third kappa shape index (κ3) is 5.40. The minimum absolute atomic E-state index is 0.290. The molecule has 0 saturated carbocycles. The van der Waals surface area contributed by atoms with E-state index in [2.05, 4.69) is 5.32 Å². The third-order valence-electron chi connectivity index (χ3n) is 3.33. The average Bonchev–Trinajstić information content (AvgIpc) is 2.53. The lowest BCUT2D eigenvalue weighted by molar-refractivity contribution is 0.0869. The Balaban J connectivity index is 2.12. The van der Waals surface area contributed by atoms with E-state index in [0.717, 1.165) is 5.56 Å². The highest BCUT2D eigenvalue weighted by molar-refractivity contribution is 6.68. The van der Waals surface area contributed by atoms with Crippen LogP contribution in [0.5, 0.6) is 0 Å². The van der Waals surface area contributed by atoms with E-state index in [1.807, 2.05) is 36.4 Å². The van der Waals surface area contributed by atoms with Gasteiger partial charge in [-0.05, 0) is 24.7 Å². The number of alkyl halides is 3. The van der Waals surface area contributed by atoms with Gasteiger partial charge in [-0.1, -0.05) is 83.3 Å². The second-order valence-electron chi connectivity index (χ2n) is 5.18. The van der Waals surface area contributed by atoms with Gasteiger partial charge >= 0.3 is 0 Å². The summed E-state index contributed by atoms with van der Waals surface area (Å²) in [7, 11) is 1.80. The Bertz CT molecular complexity index is 629. The zero-order chi connectivity index (χ0) is 16.9. The Labute approximate surface area is 151 Å².